The fourth-order valence-electron chi connectivity index (χ4n) is 4.25. The lowest BCUT2D eigenvalue weighted by molar-refractivity contribution is -0.118. The van der Waals surface area contributed by atoms with Crippen LogP contribution in [0.2, 0.25) is 0 Å². The predicted molar refractivity (Wildman–Crippen MR) is 102 cm³/mol. The zero-order valence-corrected chi connectivity index (χ0v) is 15.0. The van der Waals surface area contributed by atoms with Crippen molar-refractivity contribution in [1.29, 1.82) is 0 Å². The molecule has 138 valence electrons. The van der Waals surface area contributed by atoms with Gasteiger partial charge in [-0.05, 0) is 49.8 Å². The second kappa shape index (κ2) is 8.19. The third-order valence-corrected chi connectivity index (χ3v) is 5.87. The number of carbonyl (C=O) groups excluding carboxylic acids is 1. The predicted octanol–water partition coefficient (Wildman–Crippen LogP) is 2.89. The molecule has 1 saturated heterocycles. The molecule has 25 heavy (non-hydrogen) atoms. The highest BCUT2D eigenvalue weighted by Gasteiger charge is 2.33. The maximum absolute atomic E-state index is 12.7. The lowest BCUT2D eigenvalue weighted by atomic mass is 9.71. The standard InChI is InChI=1S/C20H31N3O2/c21-15-20(10-4-1-5-11-20)14-19(25)22-17-6-2-3-7-18(17)23-12-8-16(24)9-13-23/h2-3,6-7,16,24H,1,4-5,8-15,21H2,(H,22,25). The highest BCUT2D eigenvalue weighted by atomic mass is 16.3. The first-order chi connectivity index (χ1) is 12.1. The summed E-state index contributed by atoms with van der Waals surface area (Å²) in [4.78, 5) is 15.0. The Kier molecular flexibility index (Phi) is 5.97. The van der Waals surface area contributed by atoms with Gasteiger partial charge in [0.1, 0.15) is 0 Å². The number of nitrogens with two attached hydrogens (primary N) is 1. The van der Waals surface area contributed by atoms with Gasteiger partial charge in [0.05, 0.1) is 17.5 Å². The minimum Gasteiger partial charge on any atom is -0.393 e. The second-order valence-corrected chi connectivity index (χ2v) is 7.73. The van der Waals surface area contributed by atoms with E-state index in [0.717, 1.165) is 50.1 Å². The summed E-state index contributed by atoms with van der Waals surface area (Å²) in [6.45, 7) is 2.23. The van der Waals surface area contributed by atoms with Gasteiger partial charge in [0, 0.05) is 19.5 Å². The first-order valence-corrected chi connectivity index (χ1v) is 9.64. The lowest BCUT2D eigenvalue weighted by Crippen LogP contribution is -2.37. The molecule has 0 unspecified atom stereocenters. The second-order valence-electron chi connectivity index (χ2n) is 7.73. The fourth-order valence-corrected chi connectivity index (χ4v) is 4.25. The van der Waals surface area contributed by atoms with Gasteiger partial charge in [0.25, 0.3) is 0 Å². The average molecular weight is 345 g/mol. The molecule has 2 fully saturated rings. The molecule has 1 heterocycles. The maximum Gasteiger partial charge on any atom is 0.225 e. The Labute approximate surface area is 150 Å². The largest absolute Gasteiger partial charge is 0.393 e. The van der Waals surface area contributed by atoms with Gasteiger partial charge in [-0.2, -0.15) is 0 Å². The van der Waals surface area contributed by atoms with Crippen LogP contribution in [0.3, 0.4) is 0 Å². The van der Waals surface area contributed by atoms with Crippen LogP contribution in [-0.4, -0.2) is 36.8 Å². The highest BCUT2D eigenvalue weighted by molar-refractivity contribution is 5.94. The Morgan fingerprint density at radius 2 is 1.88 bits per heavy atom. The number of aliphatic hydroxyl groups excluding tert-OH is 1. The number of benzene rings is 1. The Hall–Kier alpha value is -1.59. The number of hydrogen-bond acceptors (Lipinski definition) is 4. The van der Waals surface area contributed by atoms with E-state index >= 15 is 0 Å². The molecule has 2 aliphatic rings. The maximum atomic E-state index is 12.7. The summed E-state index contributed by atoms with van der Waals surface area (Å²) in [5, 5.41) is 12.8. The number of nitrogens with one attached hydrogen (secondary N) is 1. The third kappa shape index (κ3) is 4.53. The van der Waals surface area contributed by atoms with Crippen molar-refractivity contribution in [2.75, 3.05) is 29.9 Å². The summed E-state index contributed by atoms with van der Waals surface area (Å²) in [6, 6.07) is 7.97. The number of amides is 1. The zero-order valence-electron chi connectivity index (χ0n) is 15.0. The summed E-state index contributed by atoms with van der Waals surface area (Å²) >= 11 is 0. The zero-order chi connectivity index (χ0) is 17.7. The molecule has 3 rings (SSSR count). The van der Waals surface area contributed by atoms with E-state index in [9.17, 15) is 9.90 Å². The molecule has 0 aromatic heterocycles. The van der Waals surface area contributed by atoms with Crippen LogP contribution in [0.25, 0.3) is 0 Å². The number of carbonyl (C=O) groups is 1. The van der Waals surface area contributed by atoms with Gasteiger partial charge in [-0.25, -0.2) is 0 Å². The molecular weight excluding hydrogens is 314 g/mol. The van der Waals surface area contributed by atoms with Crippen LogP contribution in [0.5, 0.6) is 0 Å². The van der Waals surface area contributed by atoms with Gasteiger partial charge in [0.15, 0.2) is 0 Å². The van der Waals surface area contributed by atoms with Crippen molar-refractivity contribution in [1.82, 2.24) is 0 Å². The molecule has 5 heteroatoms. The summed E-state index contributed by atoms with van der Waals surface area (Å²) in [6.07, 6.45) is 7.59. The van der Waals surface area contributed by atoms with Gasteiger partial charge in [-0.1, -0.05) is 31.4 Å². The molecule has 1 aromatic carbocycles. The number of para-hydroxylation sites is 2. The van der Waals surface area contributed by atoms with Crippen molar-refractivity contribution < 1.29 is 9.90 Å². The minimum absolute atomic E-state index is 0.0213. The topological polar surface area (TPSA) is 78.6 Å². The van der Waals surface area contributed by atoms with E-state index in [1.807, 2.05) is 24.3 Å². The van der Waals surface area contributed by atoms with Gasteiger partial charge < -0.3 is 21.1 Å². The number of piperidine rings is 1. The van der Waals surface area contributed by atoms with E-state index in [1.54, 1.807) is 0 Å². The van der Waals surface area contributed by atoms with Crippen molar-refractivity contribution in [3.63, 3.8) is 0 Å². The molecule has 4 N–H and O–H groups in total. The van der Waals surface area contributed by atoms with Gasteiger partial charge in [-0.3, -0.25) is 4.79 Å². The molecule has 0 atom stereocenters. The molecule has 5 nitrogen and oxygen atoms in total. The normalized spacial score (nSPS) is 21.1. The van der Waals surface area contributed by atoms with Crippen LogP contribution in [0.15, 0.2) is 24.3 Å². The number of hydrogen-bond donors (Lipinski definition) is 3. The van der Waals surface area contributed by atoms with E-state index in [2.05, 4.69) is 10.2 Å². The van der Waals surface area contributed by atoms with E-state index in [0.29, 0.717) is 13.0 Å². The minimum atomic E-state index is -0.200. The fraction of sp³-hybridized carbons (Fsp3) is 0.650. The Bertz CT molecular complexity index is 576. The summed E-state index contributed by atoms with van der Waals surface area (Å²) in [7, 11) is 0. The van der Waals surface area contributed by atoms with E-state index < -0.39 is 0 Å². The molecule has 1 saturated carbocycles. The first-order valence-electron chi connectivity index (χ1n) is 9.64. The first kappa shape index (κ1) is 18.2. The Morgan fingerprint density at radius 1 is 1.20 bits per heavy atom. The summed E-state index contributed by atoms with van der Waals surface area (Å²) in [5.74, 6) is 0.0665. The molecule has 0 bridgehead atoms. The molecular formula is C20H31N3O2. The van der Waals surface area contributed by atoms with Crippen LogP contribution >= 0.6 is 0 Å². The molecule has 1 aliphatic heterocycles. The van der Waals surface area contributed by atoms with Gasteiger partial charge in [-0.15, -0.1) is 0 Å². The number of aliphatic hydroxyl groups is 1. The van der Waals surface area contributed by atoms with Crippen molar-refractivity contribution in [3.05, 3.63) is 24.3 Å². The van der Waals surface area contributed by atoms with Gasteiger partial charge in [0.2, 0.25) is 5.91 Å². The monoisotopic (exact) mass is 345 g/mol. The molecule has 1 aliphatic carbocycles. The van der Waals surface area contributed by atoms with Crippen LogP contribution in [0.1, 0.15) is 51.4 Å². The van der Waals surface area contributed by atoms with Crippen molar-refractivity contribution in [3.8, 4) is 0 Å². The smallest absolute Gasteiger partial charge is 0.225 e. The van der Waals surface area contributed by atoms with Crippen molar-refractivity contribution in [2.24, 2.45) is 11.1 Å². The molecule has 0 radical (unpaired) electrons. The number of rotatable bonds is 5. The SMILES string of the molecule is NCC1(CC(=O)Nc2ccccc2N2CCC(O)CC2)CCCCC1. The number of nitrogens with zero attached hydrogens (tertiary/aromatic N) is 1. The summed E-state index contributed by atoms with van der Waals surface area (Å²) < 4.78 is 0. The van der Waals surface area contributed by atoms with E-state index in [4.69, 9.17) is 5.73 Å². The van der Waals surface area contributed by atoms with E-state index in [-0.39, 0.29) is 17.4 Å². The van der Waals surface area contributed by atoms with Crippen LogP contribution in [-0.2, 0) is 4.79 Å². The van der Waals surface area contributed by atoms with Crippen molar-refractivity contribution >= 4 is 17.3 Å². The Balaban J connectivity index is 1.67. The van der Waals surface area contributed by atoms with Crippen LogP contribution < -0.4 is 16.0 Å². The Morgan fingerprint density at radius 3 is 2.56 bits per heavy atom. The number of anilines is 2. The molecule has 1 aromatic rings. The van der Waals surface area contributed by atoms with Gasteiger partial charge >= 0.3 is 0 Å². The molecule has 1 amide bonds. The van der Waals surface area contributed by atoms with Crippen molar-refractivity contribution in [2.45, 2.75) is 57.5 Å². The van der Waals surface area contributed by atoms with E-state index in [1.165, 1.54) is 19.3 Å². The van der Waals surface area contributed by atoms with Crippen LogP contribution in [0, 0.1) is 5.41 Å². The quantitative estimate of drug-likeness (QED) is 0.767. The lowest BCUT2D eigenvalue weighted by Gasteiger charge is -2.36. The average Bonchev–Trinajstić information content (AvgIpc) is 2.64. The molecule has 0 spiro atoms. The van der Waals surface area contributed by atoms with Crippen LogP contribution in [0.4, 0.5) is 11.4 Å². The third-order valence-electron chi connectivity index (χ3n) is 5.87. The highest BCUT2D eigenvalue weighted by Crippen LogP contribution is 2.39. The summed E-state index contributed by atoms with van der Waals surface area (Å²) in [5.41, 5.74) is 7.92.